The van der Waals surface area contributed by atoms with Gasteiger partial charge in [0.05, 0.1) is 0 Å². The van der Waals surface area contributed by atoms with Gasteiger partial charge in [0.15, 0.2) is 11.5 Å². The molecule has 0 aromatic heterocycles. The highest BCUT2D eigenvalue weighted by molar-refractivity contribution is 5.85. The summed E-state index contributed by atoms with van der Waals surface area (Å²) in [6.07, 6.45) is -1.83. The van der Waals surface area contributed by atoms with Crippen LogP contribution in [0.3, 0.4) is 0 Å². The van der Waals surface area contributed by atoms with Crippen LogP contribution >= 0.6 is 0 Å². The average molecular weight is 222 g/mol. The molecule has 2 rings (SSSR count). The summed E-state index contributed by atoms with van der Waals surface area (Å²) in [4.78, 5) is 8.56. The lowest BCUT2D eigenvalue weighted by atomic mass is 10.1. The molecular weight excluding hydrogens is 212 g/mol. The number of phenols is 2. The number of carboxylic acid groups (broad SMARTS) is 2. The molecule has 4 N–H and O–H groups in total. The molecule has 0 unspecified atom stereocenters. The molecule has 0 heterocycles. The van der Waals surface area contributed by atoms with Crippen LogP contribution < -0.4 is 0 Å². The van der Waals surface area contributed by atoms with Crippen molar-refractivity contribution in [3.8, 4) is 11.5 Å². The van der Waals surface area contributed by atoms with Crippen LogP contribution in [0.25, 0.3) is 10.8 Å². The van der Waals surface area contributed by atoms with Crippen LogP contribution in [0.2, 0.25) is 0 Å². The number of phenolic OH excluding ortho intramolecular Hbond substituents is 2. The van der Waals surface area contributed by atoms with Gasteiger partial charge < -0.3 is 20.4 Å². The lowest BCUT2D eigenvalue weighted by Crippen LogP contribution is -1.81. The third-order valence-electron chi connectivity index (χ3n) is 1.84. The van der Waals surface area contributed by atoms with E-state index in [0.717, 1.165) is 10.8 Å². The number of rotatable bonds is 0. The average Bonchev–Trinajstić information content (AvgIpc) is 2.19. The molecule has 0 atom stereocenters. The summed E-state index contributed by atoms with van der Waals surface area (Å²) in [5.41, 5.74) is 0. The Morgan fingerprint density at radius 3 is 1.50 bits per heavy atom. The maximum absolute atomic E-state index is 9.17. The van der Waals surface area contributed by atoms with Crippen molar-refractivity contribution in [1.29, 1.82) is 0 Å². The molecule has 0 saturated heterocycles. The Labute approximate surface area is 90.8 Å². The van der Waals surface area contributed by atoms with E-state index in [4.69, 9.17) is 25.2 Å². The van der Waals surface area contributed by atoms with Crippen LogP contribution in [0.5, 0.6) is 11.5 Å². The van der Waals surface area contributed by atoms with Gasteiger partial charge in [0, 0.05) is 0 Å². The fraction of sp³-hybridized carbons (Fsp3) is 0. The highest BCUT2D eigenvalue weighted by Gasteiger charge is 1.99. The second-order valence-corrected chi connectivity index (χ2v) is 2.97. The summed E-state index contributed by atoms with van der Waals surface area (Å²) >= 11 is 0. The van der Waals surface area contributed by atoms with Gasteiger partial charge >= 0.3 is 6.16 Å². The minimum absolute atomic E-state index is 0.0753. The quantitative estimate of drug-likeness (QED) is 0.513. The van der Waals surface area contributed by atoms with Gasteiger partial charge in [0.1, 0.15) is 0 Å². The molecule has 16 heavy (non-hydrogen) atoms. The fourth-order valence-electron chi connectivity index (χ4n) is 1.22. The molecule has 0 spiro atoms. The Hall–Kier alpha value is -2.43. The minimum atomic E-state index is -1.83. The van der Waals surface area contributed by atoms with Crippen molar-refractivity contribution in [2.75, 3.05) is 0 Å². The maximum Gasteiger partial charge on any atom is 0.503 e. The van der Waals surface area contributed by atoms with Gasteiger partial charge in [-0.15, -0.1) is 0 Å². The molecule has 5 nitrogen and oxygen atoms in total. The monoisotopic (exact) mass is 222 g/mol. The number of fused-ring (bicyclic) bond motifs is 1. The zero-order chi connectivity index (χ0) is 12.1. The van der Waals surface area contributed by atoms with Crippen LogP contribution in [0.4, 0.5) is 4.79 Å². The maximum atomic E-state index is 9.17. The first-order chi connectivity index (χ1) is 7.50. The second kappa shape index (κ2) is 4.88. The molecule has 0 amide bonds. The van der Waals surface area contributed by atoms with E-state index in [9.17, 15) is 0 Å². The fourth-order valence-corrected chi connectivity index (χ4v) is 1.22. The Bertz CT molecular complexity index is 462. The van der Waals surface area contributed by atoms with Crippen molar-refractivity contribution in [3.63, 3.8) is 0 Å². The largest absolute Gasteiger partial charge is 0.504 e. The molecule has 0 bridgehead atoms. The first-order valence-corrected chi connectivity index (χ1v) is 4.33. The number of aromatic hydroxyl groups is 2. The van der Waals surface area contributed by atoms with Gasteiger partial charge in [-0.1, -0.05) is 24.3 Å². The van der Waals surface area contributed by atoms with E-state index >= 15 is 0 Å². The minimum Gasteiger partial charge on any atom is -0.504 e. The van der Waals surface area contributed by atoms with Crippen molar-refractivity contribution in [3.05, 3.63) is 36.4 Å². The Morgan fingerprint density at radius 2 is 1.19 bits per heavy atom. The van der Waals surface area contributed by atoms with E-state index in [0.29, 0.717) is 0 Å². The molecule has 2 aromatic carbocycles. The normalized spacial score (nSPS) is 9.25. The molecule has 0 aliphatic carbocycles. The zero-order valence-electron chi connectivity index (χ0n) is 8.16. The molecule has 0 aliphatic heterocycles. The summed E-state index contributed by atoms with van der Waals surface area (Å²) in [6, 6.07) is 10.6. The predicted molar refractivity (Wildman–Crippen MR) is 57.9 cm³/mol. The van der Waals surface area contributed by atoms with E-state index in [-0.39, 0.29) is 11.5 Å². The molecule has 84 valence electrons. The zero-order valence-corrected chi connectivity index (χ0v) is 8.16. The summed E-state index contributed by atoms with van der Waals surface area (Å²) in [5.74, 6) is -0.151. The van der Waals surface area contributed by atoms with Gasteiger partial charge in [0.2, 0.25) is 0 Å². The molecule has 0 fully saturated rings. The van der Waals surface area contributed by atoms with Gasteiger partial charge in [-0.3, -0.25) is 0 Å². The molecule has 2 aromatic rings. The van der Waals surface area contributed by atoms with E-state index < -0.39 is 6.16 Å². The molecule has 0 radical (unpaired) electrons. The van der Waals surface area contributed by atoms with Crippen LogP contribution in [-0.4, -0.2) is 26.6 Å². The second-order valence-electron chi connectivity index (χ2n) is 2.97. The van der Waals surface area contributed by atoms with E-state index in [1.807, 2.05) is 24.3 Å². The summed E-state index contributed by atoms with van der Waals surface area (Å²) in [7, 11) is 0. The third-order valence-corrected chi connectivity index (χ3v) is 1.84. The Kier molecular flexibility index (Phi) is 3.55. The van der Waals surface area contributed by atoms with Crippen LogP contribution in [-0.2, 0) is 0 Å². The van der Waals surface area contributed by atoms with Gasteiger partial charge in [-0.05, 0) is 22.9 Å². The van der Waals surface area contributed by atoms with Gasteiger partial charge in [-0.25, -0.2) is 4.79 Å². The lowest BCUT2D eigenvalue weighted by Gasteiger charge is -2.00. The first-order valence-electron chi connectivity index (χ1n) is 4.33. The standard InChI is InChI=1S/C10H8O2.CH2O3/c11-9-5-7-3-1-2-4-8(7)6-10(9)12;2-1(3)4/h1-6,11-12H;(H2,2,3,4). The van der Waals surface area contributed by atoms with E-state index in [2.05, 4.69) is 0 Å². The topological polar surface area (TPSA) is 98.0 Å². The summed E-state index contributed by atoms with van der Waals surface area (Å²) in [5, 5.41) is 34.1. The van der Waals surface area contributed by atoms with E-state index in [1.165, 1.54) is 0 Å². The Balaban J connectivity index is 0.000000280. The molecular formula is C11H10O5. The van der Waals surface area contributed by atoms with Crippen LogP contribution in [0.15, 0.2) is 36.4 Å². The predicted octanol–water partition coefficient (Wildman–Crippen LogP) is 2.47. The van der Waals surface area contributed by atoms with Gasteiger partial charge in [-0.2, -0.15) is 0 Å². The lowest BCUT2D eigenvalue weighted by molar-refractivity contribution is 0.137. The Morgan fingerprint density at radius 1 is 0.875 bits per heavy atom. The molecule has 0 aliphatic rings. The van der Waals surface area contributed by atoms with Crippen LogP contribution in [0, 0.1) is 0 Å². The van der Waals surface area contributed by atoms with Crippen molar-refractivity contribution >= 4 is 16.9 Å². The van der Waals surface area contributed by atoms with Crippen LogP contribution in [0.1, 0.15) is 0 Å². The van der Waals surface area contributed by atoms with Crippen molar-refractivity contribution < 1.29 is 25.2 Å². The number of hydrogen-bond acceptors (Lipinski definition) is 3. The SMILES string of the molecule is O=C(O)O.Oc1cc2ccccc2cc1O. The van der Waals surface area contributed by atoms with Crippen molar-refractivity contribution in [1.82, 2.24) is 0 Å². The smallest absolute Gasteiger partial charge is 0.503 e. The highest BCUT2D eigenvalue weighted by atomic mass is 16.6. The summed E-state index contributed by atoms with van der Waals surface area (Å²) in [6.45, 7) is 0. The van der Waals surface area contributed by atoms with Crippen molar-refractivity contribution in [2.24, 2.45) is 0 Å². The first kappa shape index (κ1) is 11.6. The number of carbonyl (C=O) groups is 1. The molecule has 5 heteroatoms. The number of hydrogen-bond donors (Lipinski definition) is 4. The molecule has 0 saturated carbocycles. The van der Waals surface area contributed by atoms with Crippen molar-refractivity contribution in [2.45, 2.75) is 0 Å². The number of benzene rings is 2. The van der Waals surface area contributed by atoms with E-state index in [1.54, 1.807) is 12.1 Å². The summed E-state index contributed by atoms with van der Waals surface area (Å²) < 4.78 is 0. The third kappa shape index (κ3) is 3.06. The van der Waals surface area contributed by atoms with Gasteiger partial charge in [0.25, 0.3) is 0 Å². The highest BCUT2D eigenvalue weighted by Crippen LogP contribution is 2.29.